The highest BCUT2D eigenvalue weighted by Crippen LogP contribution is 2.18. The van der Waals surface area contributed by atoms with Gasteiger partial charge in [0, 0.05) is 32.6 Å². The van der Waals surface area contributed by atoms with Crippen molar-refractivity contribution in [3.8, 4) is 0 Å². The van der Waals surface area contributed by atoms with Gasteiger partial charge in [0.2, 0.25) is 0 Å². The van der Waals surface area contributed by atoms with Crippen LogP contribution in [0.5, 0.6) is 0 Å². The molecule has 0 saturated heterocycles. The van der Waals surface area contributed by atoms with E-state index in [1.165, 1.54) is 0 Å². The minimum atomic E-state index is -0.519. The summed E-state index contributed by atoms with van der Waals surface area (Å²) in [5.41, 5.74) is 0.409. The molecule has 0 bridgehead atoms. The molecule has 1 unspecified atom stereocenters. The average molecular weight is 413 g/mol. The number of aliphatic imine (C=N–C) groups is 1. The average Bonchev–Trinajstić information content (AvgIpc) is 3.03. The van der Waals surface area contributed by atoms with E-state index in [4.69, 9.17) is 4.74 Å². The largest absolute Gasteiger partial charge is 0.444 e. The van der Waals surface area contributed by atoms with Gasteiger partial charge in [0.15, 0.2) is 11.1 Å². The van der Waals surface area contributed by atoms with E-state index >= 15 is 0 Å². The molecular weight excluding hydrogens is 376 g/mol. The Balaban J connectivity index is 2.67. The number of rotatable bonds is 8. The maximum absolute atomic E-state index is 12.1. The second-order valence-electron chi connectivity index (χ2n) is 8.09. The normalized spacial score (nSPS) is 13.2. The van der Waals surface area contributed by atoms with Crippen LogP contribution in [0, 0.1) is 5.92 Å². The lowest BCUT2D eigenvalue weighted by Gasteiger charge is -2.26. The number of hydrogen-bond donors (Lipinski definition) is 3. The standard InChI is InChI=1S/C19H36N6O2S/c1-9-20-16(21-10-14-12-28-17(23-14)25(7)8)22-11-15(13(2)3)24-18(26)27-19(4,5)6/h12-13,15H,9-11H2,1-8H3,(H,24,26)(H2,20,21,22). The van der Waals surface area contributed by atoms with Crippen molar-refractivity contribution in [1.29, 1.82) is 0 Å². The van der Waals surface area contributed by atoms with Gasteiger partial charge in [0.1, 0.15) is 5.60 Å². The van der Waals surface area contributed by atoms with Crippen LogP contribution in [0.25, 0.3) is 0 Å². The van der Waals surface area contributed by atoms with Crippen molar-refractivity contribution in [2.45, 2.75) is 59.7 Å². The highest BCUT2D eigenvalue weighted by Gasteiger charge is 2.21. The summed E-state index contributed by atoms with van der Waals surface area (Å²) in [6.07, 6.45) is -0.409. The van der Waals surface area contributed by atoms with E-state index in [1.807, 2.05) is 52.1 Å². The van der Waals surface area contributed by atoms with E-state index in [0.717, 1.165) is 17.4 Å². The van der Waals surface area contributed by atoms with Gasteiger partial charge in [-0.15, -0.1) is 11.3 Å². The van der Waals surface area contributed by atoms with Gasteiger partial charge in [-0.3, -0.25) is 0 Å². The zero-order valence-corrected chi connectivity index (χ0v) is 19.2. The number of carbonyl (C=O) groups excluding carboxylic acids is 1. The maximum Gasteiger partial charge on any atom is 0.407 e. The number of guanidine groups is 1. The molecule has 1 atom stereocenters. The van der Waals surface area contributed by atoms with Crippen LogP contribution < -0.4 is 20.9 Å². The van der Waals surface area contributed by atoms with Crippen molar-refractivity contribution in [2.75, 3.05) is 32.1 Å². The topological polar surface area (TPSA) is 90.9 Å². The molecule has 0 saturated carbocycles. The molecule has 9 heteroatoms. The van der Waals surface area contributed by atoms with Gasteiger partial charge < -0.3 is 25.6 Å². The van der Waals surface area contributed by atoms with Crippen LogP contribution in [-0.4, -0.2) is 55.9 Å². The summed E-state index contributed by atoms with van der Waals surface area (Å²) in [7, 11) is 3.95. The molecule has 1 heterocycles. The lowest BCUT2D eigenvalue weighted by molar-refractivity contribution is 0.0491. The van der Waals surface area contributed by atoms with E-state index in [0.29, 0.717) is 19.0 Å². The summed E-state index contributed by atoms with van der Waals surface area (Å²) in [5.74, 6) is 0.933. The summed E-state index contributed by atoms with van der Waals surface area (Å²) in [5, 5.41) is 12.4. The molecule has 0 spiro atoms. The van der Waals surface area contributed by atoms with Crippen LogP contribution in [0.3, 0.4) is 0 Å². The molecule has 160 valence electrons. The second kappa shape index (κ2) is 11.1. The second-order valence-corrected chi connectivity index (χ2v) is 8.93. The lowest BCUT2D eigenvalue weighted by Crippen LogP contribution is -2.50. The number of alkyl carbamates (subject to hydrolysis) is 1. The van der Waals surface area contributed by atoms with Gasteiger partial charge in [-0.1, -0.05) is 13.8 Å². The van der Waals surface area contributed by atoms with Crippen molar-refractivity contribution in [2.24, 2.45) is 10.9 Å². The smallest absolute Gasteiger partial charge is 0.407 e. The number of anilines is 1. The zero-order valence-electron chi connectivity index (χ0n) is 18.4. The van der Waals surface area contributed by atoms with Gasteiger partial charge in [-0.05, 0) is 33.6 Å². The van der Waals surface area contributed by atoms with Crippen molar-refractivity contribution < 1.29 is 9.53 Å². The van der Waals surface area contributed by atoms with Crippen LogP contribution in [0.1, 0.15) is 47.2 Å². The zero-order chi connectivity index (χ0) is 21.3. The van der Waals surface area contributed by atoms with Crippen LogP contribution >= 0.6 is 11.3 Å². The highest BCUT2D eigenvalue weighted by molar-refractivity contribution is 7.13. The fraction of sp³-hybridized carbons (Fsp3) is 0.737. The number of nitrogens with one attached hydrogen (secondary N) is 3. The fourth-order valence-corrected chi connectivity index (χ4v) is 2.94. The summed E-state index contributed by atoms with van der Waals surface area (Å²) >= 11 is 1.60. The first-order chi connectivity index (χ1) is 13.0. The minimum absolute atomic E-state index is 0.0849. The third-order valence-electron chi connectivity index (χ3n) is 3.66. The first-order valence-electron chi connectivity index (χ1n) is 9.65. The summed E-state index contributed by atoms with van der Waals surface area (Å²) in [6, 6.07) is -0.0849. The lowest BCUT2D eigenvalue weighted by atomic mass is 10.0. The Bertz CT molecular complexity index is 637. The SMILES string of the molecule is CCNC(=NCc1csc(N(C)C)n1)NCC(NC(=O)OC(C)(C)C)C(C)C. The molecule has 0 aromatic carbocycles. The number of thiazole rings is 1. The Kier molecular flexibility index (Phi) is 9.51. The van der Waals surface area contributed by atoms with E-state index < -0.39 is 11.7 Å². The first-order valence-corrected chi connectivity index (χ1v) is 10.5. The quantitative estimate of drug-likeness (QED) is 0.449. The molecule has 8 nitrogen and oxygen atoms in total. The van der Waals surface area contributed by atoms with E-state index in [1.54, 1.807) is 11.3 Å². The van der Waals surface area contributed by atoms with Crippen molar-refractivity contribution in [1.82, 2.24) is 20.9 Å². The Morgan fingerprint density at radius 1 is 1.32 bits per heavy atom. The number of hydrogen-bond acceptors (Lipinski definition) is 6. The molecule has 1 rings (SSSR count). The van der Waals surface area contributed by atoms with Gasteiger partial charge >= 0.3 is 6.09 Å². The number of ether oxygens (including phenoxy) is 1. The summed E-state index contributed by atoms with van der Waals surface area (Å²) < 4.78 is 5.36. The molecule has 1 aromatic heterocycles. The van der Waals surface area contributed by atoms with Crippen LogP contribution in [0.2, 0.25) is 0 Å². The Morgan fingerprint density at radius 3 is 2.50 bits per heavy atom. The third kappa shape index (κ3) is 9.25. The predicted octanol–water partition coefficient (Wildman–Crippen LogP) is 2.81. The third-order valence-corrected chi connectivity index (χ3v) is 4.72. The number of carbonyl (C=O) groups is 1. The molecule has 0 aliphatic rings. The van der Waals surface area contributed by atoms with Crippen molar-refractivity contribution in [3.05, 3.63) is 11.1 Å². The number of amides is 1. The molecule has 1 amide bonds. The van der Waals surface area contributed by atoms with Gasteiger partial charge in [-0.2, -0.15) is 0 Å². The summed E-state index contributed by atoms with van der Waals surface area (Å²) in [4.78, 5) is 23.2. The van der Waals surface area contributed by atoms with Crippen LogP contribution in [-0.2, 0) is 11.3 Å². The fourth-order valence-electron chi connectivity index (χ4n) is 2.20. The molecule has 0 fully saturated rings. The van der Waals surface area contributed by atoms with Gasteiger partial charge in [0.05, 0.1) is 18.3 Å². The maximum atomic E-state index is 12.1. The van der Waals surface area contributed by atoms with Gasteiger partial charge in [-0.25, -0.2) is 14.8 Å². The predicted molar refractivity (Wildman–Crippen MR) is 117 cm³/mol. The van der Waals surface area contributed by atoms with E-state index in [2.05, 4.69) is 39.8 Å². The Hall–Kier alpha value is -2.03. The monoisotopic (exact) mass is 412 g/mol. The Labute approximate surface area is 173 Å². The number of nitrogens with zero attached hydrogens (tertiary/aromatic N) is 3. The minimum Gasteiger partial charge on any atom is -0.444 e. The van der Waals surface area contributed by atoms with Crippen LogP contribution in [0.4, 0.5) is 9.93 Å². The summed E-state index contributed by atoms with van der Waals surface area (Å²) in [6.45, 7) is 13.5. The molecule has 1 aromatic rings. The molecule has 0 aliphatic carbocycles. The molecule has 3 N–H and O–H groups in total. The highest BCUT2D eigenvalue weighted by atomic mass is 32.1. The number of aromatic nitrogens is 1. The van der Waals surface area contributed by atoms with E-state index in [9.17, 15) is 4.79 Å². The Morgan fingerprint density at radius 2 is 2.00 bits per heavy atom. The molecular formula is C19H36N6O2S. The van der Waals surface area contributed by atoms with Crippen LogP contribution in [0.15, 0.2) is 10.4 Å². The van der Waals surface area contributed by atoms with Gasteiger partial charge in [0.25, 0.3) is 0 Å². The van der Waals surface area contributed by atoms with E-state index in [-0.39, 0.29) is 12.0 Å². The van der Waals surface area contributed by atoms with Crippen molar-refractivity contribution in [3.63, 3.8) is 0 Å². The molecule has 0 aliphatic heterocycles. The van der Waals surface area contributed by atoms with Crippen molar-refractivity contribution >= 4 is 28.5 Å². The molecule has 0 radical (unpaired) electrons. The first kappa shape index (κ1) is 24.0. The molecule has 28 heavy (non-hydrogen) atoms.